The van der Waals surface area contributed by atoms with Crippen molar-refractivity contribution < 1.29 is 8.42 Å². The Hall–Kier alpha value is -1.43. The summed E-state index contributed by atoms with van der Waals surface area (Å²) in [4.78, 5) is 2.99. The molecule has 5 heteroatoms. The Kier molecular flexibility index (Phi) is 4.07. The molecule has 0 N–H and O–H groups in total. The van der Waals surface area contributed by atoms with Crippen LogP contribution < -0.4 is 0 Å². The standard InChI is InChI=1S/C21H26N2O2S/c24-26(25,20-8-7-17-3-1-2-4-18(17)15-20)23-11-9-22(10-12-23)21-14-16-5-6-19(21)13-16/h1-4,7-8,15-16,19,21H,5-6,9-14H2/t16-,19-,21-/m0/s1. The molecule has 1 aliphatic heterocycles. The van der Waals surface area contributed by atoms with Gasteiger partial charge >= 0.3 is 0 Å². The molecule has 138 valence electrons. The number of hydrogen-bond acceptors (Lipinski definition) is 3. The minimum Gasteiger partial charge on any atom is -0.297 e. The van der Waals surface area contributed by atoms with E-state index in [0.717, 1.165) is 35.7 Å². The van der Waals surface area contributed by atoms with E-state index in [1.165, 1.54) is 25.7 Å². The van der Waals surface area contributed by atoms with Crippen molar-refractivity contribution in [2.75, 3.05) is 26.2 Å². The fourth-order valence-electron chi connectivity index (χ4n) is 5.41. The first-order valence-electron chi connectivity index (χ1n) is 9.84. The minimum atomic E-state index is -3.40. The van der Waals surface area contributed by atoms with Crippen LogP contribution in [0.4, 0.5) is 0 Å². The van der Waals surface area contributed by atoms with Gasteiger partial charge in [-0.1, -0.05) is 36.8 Å². The van der Waals surface area contributed by atoms with Crippen LogP contribution in [-0.4, -0.2) is 49.8 Å². The third-order valence-electron chi connectivity index (χ3n) is 6.80. The first-order valence-corrected chi connectivity index (χ1v) is 11.3. The van der Waals surface area contributed by atoms with Crippen LogP contribution in [0.25, 0.3) is 10.8 Å². The first-order chi connectivity index (χ1) is 12.6. The van der Waals surface area contributed by atoms with Crippen LogP contribution in [0.3, 0.4) is 0 Å². The van der Waals surface area contributed by atoms with E-state index >= 15 is 0 Å². The summed E-state index contributed by atoms with van der Waals surface area (Å²) in [6, 6.07) is 14.1. The third kappa shape index (κ3) is 2.77. The maximum absolute atomic E-state index is 13.1. The van der Waals surface area contributed by atoms with Crippen molar-refractivity contribution in [3.05, 3.63) is 42.5 Å². The molecule has 5 rings (SSSR count). The van der Waals surface area contributed by atoms with Gasteiger partial charge in [-0.25, -0.2) is 8.42 Å². The molecule has 2 aromatic rings. The zero-order chi connectivity index (χ0) is 17.7. The summed E-state index contributed by atoms with van der Waals surface area (Å²) in [6.45, 7) is 2.98. The van der Waals surface area contributed by atoms with Crippen molar-refractivity contribution in [1.29, 1.82) is 0 Å². The molecule has 2 saturated carbocycles. The lowest BCUT2D eigenvalue weighted by molar-refractivity contribution is 0.101. The highest BCUT2D eigenvalue weighted by atomic mass is 32.2. The number of hydrogen-bond donors (Lipinski definition) is 0. The van der Waals surface area contributed by atoms with Gasteiger partial charge in [0.1, 0.15) is 0 Å². The van der Waals surface area contributed by atoms with Crippen LogP contribution in [0.2, 0.25) is 0 Å². The summed E-state index contributed by atoms with van der Waals surface area (Å²) in [6.07, 6.45) is 5.53. The molecule has 26 heavy (non-hydrogen) atoms. The number of fused-ring (bicyclic) bond motifs is 3. The second-order valence-electron chi connectivity index (χ2n) is 8.19. The fourth-order valence-corrected chi connectivity index (χ4v) is 6.87. The van der Waals surface area contributed by atoms with E-state index in [1.807, 2.05) is 36.4 Å². The molecule has 0 unspecified atom stereocenters. The number of benzene rings is 2. The van der Waals surface area contributed by atoms with Crippen LogP contribution in [0.1, 0.15) is 25.7 Å². The Morgan fingerprint density at radius 3 is 2.31 bits per heavy atom. The van der Waals surface area contributed by atoms with Gasteiger partial charge in [0.2, 0.25) is 10.0 Å². The maximum atomic E-state index is 13.1. The molecule has 4 nitrogen and oxygen atoms in total. The van der Waals surface area contributed by atoms with Gasteiger partial charge in [-0.3, -0.25) is 4.90 Å². The predicted octanol–water partition coefficient (Wildman–Crippen LogP) is 3.33. The second-order valence-corrected chi connectivity index (χ2v) is 10.1. The topological polar surface area (TPSA) is 40.6 Å². The second kappa shape index (κ2) is 6.32. The molecule has 1 heterocycles. The van der Waals surface area contributed by atoms with Crippen molar-refractivity contribution in [3.8, 4) is 0 Å². The maximum Gasteiger partial charge on any atom is 0.243 e. The molecule has 0 aromatic heterocycles. The zero-order valence-electron chi connectivity index (χ0n) is 15.0. The Morgan fingerprint density at radius 1 is 0.846 bits per heavy atom. The molecule has 3 fully saturated rings. The Balaban J connectivity index is 1.31. The molecule has 1 saturated heterocycles. The highest BCUT2D eigenvalue weighted by molar-refractivity contribution is 7.89. The van der Waals surface area contributed by atoms with E-state index < -0.39 is 10.0 Å². The summed E-state index contributed by atoms with van der Waals surface area (Å²) in [7, 11) is -3.40. The largest absolute Gasteiger partial charge is 0.297 e. The van der Waals surface area contributed by atoms with Gasteiger partial charge in [0.25, 0.3) is 0 Å². The van der Waals surface area contributed by atoms with E-state index in [-0.39, 0.29) is 0 Å². The normalized spacial score (nSPS) is 30.2. The molecule has 3 aliphatic rings. The number of piperazine rings is 1. The van der Waals surface area contributed by atoms with Crippen LogP contribution in [-0.2, 0) is 10.0 Å². The molecule has 2 aliphatic carbocycles. The van der Waals surface area contributed by atoms with Gasteiger partial charge in [0.05, 0.1) is 4.90 Å². The van der Waals surface area contributed by atoms with Gasteiger partial charge in [-0.15, -0.1) is 0 Å². The Morgan fingerprint density at radius 2 is 1.62 bits per heavy atom. The molecular formula is C21H26N2O2S. The van der Waals surface area contributed by atoms with E-state index in [1.54, 1.807) is 10.4 Å². The van der Waals surface area contributed by atoms with Crippen molar-refractivity contribution in [3.63, 3.8) is 0 Å². The lowest BCUT2D eigenvalue weighted by Gasteiger charge is -2.40. The number of rotatable bonds is 3. The minimum absolute atomic E-state index is 0.421. The summed E-state index contributed by atoms with van der Waals surface area (Å²) >= 11 is 0. The lowest BCUT2D eigenvalue weighted by atomic mass is 9.93. The summed E-state index contributed by atoms with van der Waals surface area (Å²) in [5, 5.41) is 2.06. The average molecular weight is 371 g/mol. The molecule has 0 amide bonds. The molecule has 3 atom stereocenters. The summed E-state index contributed by atoms with van der Waals surface area (Å²) in [5.74, 6) is 1.80. The van der Waals surface area contributed by atoms with Gasteiger partial charge in [0, 0.05) is 32.2 Å². The van der Waals surface area contributed by atoms with Crippen LogP contribution >= 0.6 is 0 Å². The Labute approximate surface area is 155 Å². The smallest absolute Gasteiger partial charge is 0.243 e. The Bertz CT molecular complexity index is 919. The quantitative estimate of drug-likeness (QED) is 0.832. The van der Waals surface area contributed by atoms with E-state index in [0.29, 0.717) is 24.0 Å². The summed E-state index contributed by atoms with van der Waals surface area (Å²) in [5.41, 5.74) is 0. The van der Waals surface area contributed by atoms with Crippen molar-refractivity contribution >= 4 is 20.8 Å². The molecular weight excluding hydrogens is 344 g/mol. The van der Waals surface area contributed by atoms with Gasteiger partial charge < -0.3 is 0 Å². The summed E-state index contributed by atoms with van der Waals surface area (Å²) < 4.78 is 27.9. The van der Waals surface area contributed by atoms with Gasteiger partial charge in [-0.05, 0) is 54.0 Å². The number of nitrogens with zero attached hydrogens (tertiary/aromatic N) is 2. The van der Waals surface area contributed by atoms with Crippen LogP contribution in [0, 0.1) is 11.8 Å². The van der Waals surface area contributed by atoms with Crippen molar-refractivity contribution in [2.45, 2.75) is 36.6 Å². The van der Waals surface area contributed by atoms with Crippen LogP contribution in [0.15, 0.2) is 47.4 Å². The fraction of sp³-hybridized carbons (Fsp3) is 0.524. The highest BCUT2D eigenvalue weighted by Gasteiger charge is 2.43. The van der Waals surface area contributed by atoms with Gasteiger partial charge in [-0.2, -0.15) is 4.31 Å². The molecule has 2 bridgehead atoms. The average Bonchev–Trinajstić information content (AvgIpc) is 3.31. The van der Waals surface area contributed by atoms with E-state index in [2.05, 4.69) is 4.90 Å². The van der Waals surface area contributed by atoms with Crippen molar-refractivity contribution in [2.24, 2.45) is 11.8 Å². The molecule has 2 aromatic carbocycles. The lowest BCUT2D eigenvalue weighted by Crippen LogP contribution is -2.53. The predicted molar refractivity (Wildman–Crippen MR) is 104 cm³/mol. The van der Waals surface area contributed by atoms with Crippen LogP contribution in [0.5, 0.6) is 0 Å². The molecule has 0 spiro atoms. The zero-order valence-corrected chi connectivity index (χ0v) is 15.9. The third-order valence-corrected chi connectivity index (χ3v) is 8.70. The van der Waals surface area contributed by atoms with Gasteiger partial charge in [0.15, 0.2) is 0 Å². The SMILES string of the molecule is O=S(=O)(c1ccc2ccccc2c1)N1CCN([C@H]2C[C@H]3CC[C@H]2C3)CC1. The van der Waals surface area contributed by atoms with Crippen molar-refractivity contribution in [1.82, 2.24) is 9.21 Å². The highest BCUT2D eigenvalue weighted by Crippen LogP contribution is 2.46. The van der Waals surface area contributed by atoms with E-state index in [4.69, 9.17) is 0 Å². The monoisotopic (exact) mass is 370 g/mol. The van der Waals surface area contributed by atoms with E-state index in [9.17, 15) is 8.42 Å². The number of sulfonamides is 1. The first kappa shape index (κ1) is 16.7. The molecule has 0 radical (unpaired) electrons.